The minimum Gasteiger partial charge on any atom is -0.330 e. The van der Waals surface area contributed by atoms with E-state index in [1.807, 2.05) is 11.7 Å². The molecule has 2 rings (SSSR count). The summed E-state index contributed by atoms with van der Waals surface area (Å²) in [5.41, 5.74) is 8.21. The molecule has 0 saturated heterocycles. The van der Waals surface area contributed by atoms with Crippen molar-refractivity contribution in [3.05, 3.63) is 30.0 Å². The van der Waals surface area contributed by atoms with Crippen LogP contribution in [0.4, 0.5) is 0 Å². The quantitative estimate of drug-likeness (QED) is 0.859. The van der Waals surface area contributed by atoms with Crippen molar-refractivity contribution in [1.29, 1.82) is 0 Å². The maximum Gasteiger partial charge on any atom is 0.0706 e. The van der Waals surface area contributed by atoms with Crippen LogP contribution in [0.15, 0.2) is 24.3 Å². The molecule has 17 heavy (non-hydrogen) atoms. The lowest BCUT2D eigenvalue weighted by molar-refractivity contribution is 0.481. The van der Waals surface area contributed by atoms with Gasteiger partial charge in [0, 0.05) is 12.4 Å². The smallest absolute Gasteiger partial charge is 0.0706 e. The fourth-order valence-electron chi connectivity index (χ4n) is 2.42. The summed E-state index contributed by atoms with van der Waals surface area (Å²) in [6.07, 6.45) is 3.36. The van der Waals surface area contributed by atoms with Crippen LogP contribution in [0.1, 0.15) is 25.5 Å². The zero-order valence-corrected chi connectivity index (χ0v) is 10.7. The Balaban J connectivity index is 2.29. The van der Waals surface area contributed by atoms with Gasteiger partial charge in [-0.3, -0.25) is 4.68 Å². The lowest BCUT2D eigenvalue weighted by Gasteiger charge is -2.11. The van der Waals surface area contributed by atoms with E-state index in [1.54, 1.807) is 0 Å². The SMILES string of the molecule is CCCC(CN)Cc1nn(C)c2ccccc12. The number of fused-ring (bicyclic) bond motifs is 1. The molecular formula is C14H21N3. The summed E-state index contributed by atoms with van der Waals surface area (Å²) in [4.78, 5) is 0. The van der Waals surface area contributed by atoms with Gasteiger partial charge in [0.1, 0.15) is 0 Å². The van der Waals surface area contributed by atoms with E-state index in [4.69, 9.17) is 5.73 Å². The Bertz CT molecular complexity index is 487. The zero-order chi connectivity index (χ0) is 12.3. The first-order valence-electron chi connectivity index (χ1n) is 6.37. The number of hydrogen-bond donors (Lipinski definition) is 1. The van der Waals surface area contributed by atoms with E-state index in [2.05, 4.69) is 36.3 Å². The Kier molecular flexibility index (Phi) is 3.79. The van der Waals surface area contributed by atoms with Gasteiger partial charge in [-0.1, -0.05) is 31.5 Å². The third-order valence-corrected chi connectivity index (χ3v) is 3.35. The Hall–Kier alpha value is -1.35. The van der Waals surface area contributed by atoms with Crippen molar-refractivity contribution in [3.63, 3.8) is 0 Å². The molecule has 1 aromatic heterocycles. The average Bonchev–Trinajstić information content (AvgIpc) is 2.66. The Morgan fingerprint density at radius 2 is 2.12 bits per heavy atom. The molecule has 0 spiro atoms. The maximum absolute atomic E-state index is 5.82. The standard InChI is InChI=1S/C14H21N3/c1-3-6-11(10-15)9-13-12-7-4-5-8-14(12)17(2)16-13/h4-5,7-8,11H,3,6,9-10,15H2,1-2H3. The molecule has 1 aromatic carbocycles. The third kappa shape index (κ3) is 2.50. The number of nitrogens with zero attached hydrogens (tertiary/aromatic N) is 2. The number of hydrogen-bond acceptors (Lipinski definition) is 2. The third-order valence-electron chi connectivity index (χ3n) is 3.35. The summed E-state index contributed by atoms with van der Waals surface area (Å²) in [7, 11) is 2.00. The monoisotopic (exact) mass is 231 g/mol. The Labute approximate surface area is 103 Å². The van der Waals surface area contributed by atoms with Crippen LogP contribution in [0.25, 0.3) is 10.9 Å². The predicted octanol–water partition coefficient (Wildman–Crippen LogP) is 2.49. The molecule has 0 aliphatic carbocycles. The zero-order valence-electron chi connectivity index (χ0n) is 10.7. The molecule has 0 radical (unpaired) electrons. The molecule has 0 aliphatic heterocycles. The summed E-state index contributed by atoms with van der Waals surface area (Å²) in [6, 6.07) is 8.39. The lowest BCUT2D eigenvalue weighted by Crippen LogP contribution is -2.17. The molecule has 0 bridgehead atoms. The van der Waals surface area contributed by atoms with Crippen LogP contribution in [-0.2, 0) is 13.5 Å². The average molecular weight is 231 g/mol. The fraction of sp³-hybridized carbons (Fsp3) is 0.500. The van der Waals surface area contributed by atoms with Crippen LogP contribution in [0, 0.1) is 5.92 Å². The fourth-order valence-corrected chi connectivity index (χ4v) is 2.42. The van der Waals surface area contributed by atoms with Crippen molar-refractivity contribution >= 4 is 10.9 Å². The van der Waals surface area contributed by atoms with Gasteiger partial charge in [0.15, 0.2) is 0 Å². The molecule has 3 nitrogen and oxygen atoms in total. The molecule has 0 amide bonds. The summed E-state index contributed by atoms with van der Waals surface area (Å²) in [5, 5.41) is 5.89. The molecule has 0 saturated carbocycles. The van der Waals surface area contributed by atoms with Crippen LogP contribution < -0.4 is 5.73 Å². The molecule has 1 heterocycles. The molecule has 0 fully saturated rings. The van der Waals surface area contributed by atoms with Crippen LogP contribution in [0.5, 0.6) is 0 Å². The van der Waals surface area contributed by atoms with Crippen molar-refractivity contribution in [1.82, 2.24) is 9.78 Å². The molecule has 0 aliphatic rings. The summed E-state index contributed by atoms with van der Waals surface area (Å²) in [6.45, 7) is 2.96. The lowest BCUT2D eigenvalue weighted by atomic mass is 9.97. The minimum atomic E-state index is 0.554. The number of para-hydroxylation sites is 1. The predicted molar refractivity (Wildman–Crippen MR) is 71.9 cm³/mol. The van der Waals surface area contributed by atoms with Crippen molar-refractivity contribution in [2.45, 2.75) is 26.2 Å². The van der Waals surface area contributed by atoms with Crippen LogP contribution in [-0.4, -0.2) is 16.3 Å². The normalized spacial score (nSPS) is 13.1. The Morgan fingerprint density at radius 1 is 1.35 bits per heavy atom. The van der Waals surface area contributed by atoms with E-state index in [-0.39, 0.29) is 0 Å². The first kappa shape index (κ1) is 12.1. The number of benzene rings is 1. The number of nitrogens with two attached hydrogens (primary N) is 1. The highest BCUT2D eigenvalue weighted by molar-refractivity contribution is 5.81. The van der Waals surface area contributed by atoms with Gasteiger partial charge in [-0.15, -0.1) is 0 Å². The van der Waals surface area contributed by atoms with Crippen molar-refractivity contribution in [2.75, 3.05) is 6.54 Å². The van der Waals surface area contributed by atoms with Gasteiger partial charge in [0.25, 0.3) is 0 Å². The van der Waals surface area contributed by atoms with Gasteiger partial charge in [-0.25, -0.2) is 0 Å². The molecule has 1 atom stereocenters. The maximum atomic E-state index is 5.82. The van der Waals surface area contributed by atoms with Gasteiger partial charge in [0.05, 0.1) is 11.2 Å². The number of aromatic nitrogens is 2. The molecule has 1 unspecified atom stereocenters. The van der Waals surface area contributed by atoms with Crippen molar-refractivity contribution in [2.24, 2.45) is 18.7 Å². The van der Waals surface area contributed by atoms with Gasteiger partial charge < -0.3 is 5.73 Å². The van der Waals surface area contributed by atoms with Crippen LogP contribution >= 0.6 is 0 Å². The van der Waals surface area contributed by atoms with E-state index in [0.29, 0.717) is 5.92 Å². The van der Waals surface area contributed by atoms with Crippen LogP contribution in [0.3, 0.4) is 0 Å². The molecular weight excluding hydrogens is 210 g/mol. The van der Waals surface area contributed by atoms with Crippen LogP contribution in [0.2, 0.25) is 0 Å². The second-order valence-electron chi connectivity index (χ2n) is 4.68. The molecule has 92 valence electrons. The topological polar surface area (TPSA) is 43.8 Å². The highest BCUT2D eigenvalue weighted by Gasteiger charge is 2.13. The molecule has 2 N–H and O–H groups in total. The highest BCUT2D eigenvalue weighted by Crippen LogP contribution is 2.21. The van der Waals surface area contributed by atoms with Crippen molar-refractivity contribution < 1.29 is 0 Å². The highest BCUT2D eigenvalue weighted by atomic mass is 15.3. The largest absolute Gasteiger partial charge is 0.330 e. The van der Waals surface area contributed by atoms with Crippen molar-refractivity contribution in [3.8, 4) is 0 Å². The van der Waals surface area contributed by atoms with Gasteiger partial charge >= 0.3 is 0 Å². The second kappa shape index (κ2) is 5.32. The van der Waals surface area contributed by atoms with Gasteiger partial charge in [-0.05, 0) is 31.4 Å². The Morgan fingerprint density at radius 3 is 2.82 bits per heavy atom. The van der Waals surface area contributed by atoms with E-state index >= 15 is 0 Å². The first-order valence-corrected chi connectivity index (χ1v) is 6.37. The summed E-state index contributed by atoms with van der Waals surface area (Å²) >= 11 is 0. The van der Waals surface area contributed by atoms with E-state index in [1.165, 1.54) is 29.4 Å². The first-order chi connectivity index (χ1) is 8.26. The second-order valence-corrected chi connectivity index (χ2v) is 4.68. The van der Waals surface area contributed by atoms with E-state index in [0.717, 1.165) is 13.0 Å². The molecule has 2 aromatic rings. The number of rotatable bonds is 5. The van der Waals surface area contributed by atoms with Gasteiger partial charge in [-0.2, -0.15) is 5.10 Å². The van der Waals surface area contributed by atoms with Gasteiger partial charge in [0.2, 0.25) is 0 Å². The number of aryl methyl sites for hydroxylation is 1. The minimum absolute atomic E-state index is 0.554. The molecule has 3 heteroatoms. The summed E-state index contributed by atoms with van der Waals surface area (Å²) in [5.74, 6) is 0.554. The van der Waals surface area contributed by atoms with E-state index < -0.39 is 0 Å². The summed E-state index contributed by atoms with van der Waals surface area (Å²) < 4.78 is 1.96. The van der Waals surface area contributed by atoms with E-state index in [9.17, 15) is 0 Å².